The molecule has 2 aromatic carbocycles. The average Bonchev–Trinajstić information content (AvgIpc) is 2.90. The van der Waals surface area contributed by atoms with Crippen molar-refractivity contribution in [1.82, 2.24) is 4.90 Å². The molecule has 0 N–H and O–H groups in total. The number of methoxy groups -OCH3 is 1. The van der Waals surface area contributed by atoms with E-state index in [9.17, 15) is 14.9 Å². The molecule has 0 atom stereocenters. The zero-order valence-electron chi connectivity index (χ0n) is 13.7. The van der Waals surface area contributed by atoms with Crippen molar-refractivity contribution < 1.29 is 14.5 Å². The van der Waals surface area contributed by atoms with E-state index in [1.54, 1.807) is 30.2 Å². The third-order valence-electron chi connectivity index (χ3n) is 3.78. The van der Waals surface area contributed by atoms with E-state index in [4.69, 9.17) is 17.0 Å². The van der Waals surface area contributed by atoms with Gasteiger partial charge in [0, 0.05) is 12.1 Å². The van der Waals surface area contributed by atoms with Gasteiger partial charge < -0.3 is 4.74 Å². The summed E-state index contributed by atoms with van der Waals surface area (Å²) in [7, 11) is 1.60. The lowest BCUT2D eigenvalue weighted by molar-refractivity contribution is -0.384. The van der Waals surface area contributed by atoms with Gasteiger partial charge in [0.1, 0.15) is 10.1 Å². The highest BCUT2D eigenvalue weighted by molar-refractivity contribution is 8.26. The fourth-order valence-electron chi connectivity index (χ4n) is 2.39. The molecular formula is C18H14N2O4S2. The Morgan fingerprint density at radius 2 is 1.85 bits per heavy atom. The predicted molar refractivity (Wildman–Crippen MR) is 105 cm³/mol. The Kier molecular flexibility index (Phi) is 5.34. The highest BCUT2D eigenvalue weighted by Crippen LogP contribution is 2.34. The maximum atomic E-state index is 12.6. The summed E-state index contributed by atoms with van der Waals surface area (Å²) in [6, 6.07) is 13.5. The number of hydrogen-bond donors (Lipinski definition) is 0. The summed E-state index contributed by atoms with van der Waals surface area (Å²) in [5.74, 6) is 0.575. The van der Waals surface area contributed by atoms with Gasteiger partial charge in [-0.15, -0.1) is 0 Å². The average molecular weight is 386 g/mol. The molecule has 1 amide bonds. The first kappa shape index (κ1) is 18.1. The van der Waals surface area contributed by atoms with Gasteiger partial charge >= 0.3 is 0 Å². The molecule has 1 fully saturated rings. The molecule has 132 valence electrons. The summed E-state index contributed by atoms with van der Waals surface area (Å²) in [5, 5.41) is 10.7. The van der Waals surface area contributed by atoms with Crippen molar-refractivity contribution in [1.29, 1.82) is 0 Å². The molecule has 0 spiro atoms. The van der Waals surface area contributed by atoms with Crippen molar-refractivity contribution in [2.24, 2.45) is 0 Å². The summed E-state index contributed by atoms with van der Waals surface area (Å²) >= 11 is 6.55. The zero-order chi connectivity index (χ0) is 18.7. The van der Waals surface area contributed by atoms with Crippen LogP contribution in [0.3, 0.4) is 0 Å². The largest absolute Gasteiger partial charge is 0.497 e. The van der Waals surface area contributed by atoms with E-state index in [1.807, 2.05) is 24.3 Å². The van der Waals surface area contributed by atoms with E-state index < -0.39 is 4.92 Å². The molecule has 1 saturated heterocycles. The Morgan fingerprint density at radius 3 is 2.42 bits per heavy atom. The fourth-order valence-corrected chi connectivity index (χ4v) is 3.65. The number of nitro benzene ring substituents is 1. The summed E-state index contributed by atoms with van der Waals surface area (Å²) in [4.78, 5) is 24.9. The Morgan fingerprint density at radius 1 is 1.19 bits per heavy atom. The fraction of sp³-hybridized carbons (Fsp3) is 0.111. The lowest BCUT2D eigenvalue weighted by Crippen LogP contribution is -2.27. The normalized spacial score (nSPS) is 15.6. The molecule has 0 unspecified atom stereocenters. The molecule has 0 aromatic heterocycles. The maximum Gasteiger partial charge on any atom is 0.269 e. The van der Waals surface area contributed by atoms with Crippen LogP contribution in [0.2, 0.25) is 0 Å². The van der Waals surface area contributed by atoms with E-state index in [1.165, 1.54) is 23.9 Å². The number of thiocarbonyl (C=S) groups is 1. The molecule has 2 aromatic rings. The molecule has 8 heteroatoms. The third-order valence-corrected chi connectivity index (χ3v) is 5.15. The summed E-state index contributed by atoms with van der Waals surface area (Å²) in [5.41, 5.74) is 1.66. The smallest absolute Gasteiger partial charge is 0.269 e. The van der Waals surface area contributed by atoms with E-state index in [0.29, 0.717) is 21.3 Å². The lowest BCUT2D eigenvalue weighted by Gasteiger charge is -2.14. The van der Waals surface area contributed by atoms with E-state index in [2.05, 4.69) is 0 Å². The molecular weight excluding hydrogens is 372 g/mol. The molecule has 0 aliphatic carbocycles. The van der Waals surface area contributed by atoms with Gasteiger partial charge in [0.25, 0.3) is 11.6 Å². The minimum atomic E-state index is -0.460. The SMILES string of the molecule is COc1ccc(CN2C(=O)/C(=C/c3ccc([N+](=O)[O-])cc3)SC2=S)cc1. The highest BCUT2D eigenvalue weighted by atomic mass is 32.2. The topological polar surface area (TPSA) is 72.7 Å². The van der Waals surface area contributed by atoms with Gasteiger partial charge in [0.2, 0.25) is 0 Å². The van der Waals surface area contributed by atoms with Crippen molar-refractivity contribution in [3.8, 4) is 5.75 Å². The Bertz CT molecular complexity index is 892. The van der Waals surface area contributed by atoms with Gasteiger partial charge in [-0.05, 0) is 41.5 Å². The minimum absolute atomic E-state index is 0.00852. The zero-order valence-corrected chi connectivity index (χ0v) is 15.4. The molecule has 0 bridgehead atoms. The van der Waals surface area contributed by atoms with Gasteiger partial charge in [0.15, 0.2) is 0 Å². The number of nitrogens with zero attached hydrogens (tertiary/aromatic N) is 2. The van der Waals surface area contributed by atoms with Crippen LogP contribution in [0.1, 0.15) is 11.1 Å². The predicted octanol–water partition coefficient (Wildman–Crippen LogP) is 4.00. The monoisotopic (exact) mass is 386 g/mol. The minimum Gasteiger partial charge on any atom is -0.497 e. The Balaban J connectivity index is 1.76. The first-order valence-corrected chi connectivity index (χ1v) is 8.83. The molecule has 1 aliphatic heterocycles. The van der Waals surface area contributed by atoms with Crippen LogP contribution in [0.15, 0.2) is 53.4 Å². The quantitative estimate of drug-likeness (QED) is 0.335. The van der Waals surface area contributed by atoms with Crippen LogP contribution in [-0.2, 0) is 11.3 Å². The van der Waals surface area contributed by atoms with Crippen molar-refractivity contribution in [3.05, 3.63) is 74.7 Å². The van der Waals surface area contributed by atoms with Crippen LogP contribution >= 0.6 is 24.0 Å². The van der Waals surface area contributed by atoms with Crippen LogP contribution in [0, 0.1) is 10.1 Å². The number of ether oxygens (including phenoxy) is 1. The Labute approximate surface area is 159 Å². The molecule has 3 rings (SSSR count). The van der Waals surface area contributed by atoms with E-state index >= 15 is 0 Å². The van der Waals surface area contributed by atoms with Crippen molar-refractivity contribution in [2.75, 3.05) is 7.11 Å². The summed E-state index contributed by atoms with van der Waals surface area (Å²) in [6.07, 6.45) is 1.69. The van der Waals surface area contributed by atoms with Crippen molar-refractivity contribution in [2.45, 2.75) is 6.54 Å². The van der Waals surface area contributed by atoms with Gasteiger partial charge in [-0.3, -0.25) is 19.8 Å². The van der Waals surface area contributed by atoms with Gasteiger partial charge in [-0.2, -0.15) is 0 Å². The molecule has 1 heterocycles. The second-order valence-electron chi connectivity index (χ2n) is 5.46. The van der Waals surface area contributed by atoms with Crippen molar-refractivity contribution >= 4 is 46.0 Å². The lowest BCUT2D eigenvalue weighted by atomic mass is 10.2. The second-order valence-corrected chi connectivity index (χ2v) is 7.14. The molecule has 26 heavy (non-hydrogen) atoms. The van der Waals surface area contributed by atoms with Crippen LogP contribution in [0.4, 0.5) is 5.69 Å². The summed E-state index contributed by atoms with van der Waals surface area (Å²) in [6.45, 7) is 0.381. The van der Waals surface area contributed by atoms with Crippen molar-refractivity contribution in [3.63, 3.8) is 0 Å². The van der Waals surface area contributed by atoms with Gasteiger partial charge in [-0.25, -0.2) is 0 Å². The maximum absolute atomic E-state index is 12.6. The molecule has 0 radical (unpaired) electrons. The van der Waals surface area contributed by atoms with Crippen LogP contribution in [0.5, 0.6) is 5.75 Å². The summed E-state index contributed by atoms with van der Waals surface area (Å²) < 4.78 is 5.61. The van der Waals surface area contributed by atoms with E-state index in [-0.39, 0.29) is 11.6 Å². The van der Waals surface area contributed by atoms with Crippen LogP contribution in [-0.4, -0.2) is 27.2 Å². The number of benzene rings is 2. The van der Waals surface area contributed by atoms with Gasteiger partial charge in [0.05, 0.1) is 23.5 Å². The van der Waals surface area contributed by atoms with Crippen LogP contribution < -0.4 is 4.74 Å². The van der Waals surface area contributed by atoms with Crippen LogP contribution in [0.25, 0.3) is 6.08 Å². The number of carbonyl (C=O) groups excluding carboxylic acids is 1. The Hall–Kier alpha value is -2.71. The third kappa shape index (κ3) is 3.92. The number of carbonyl (C=O) groups is 1. The molecule has 1 aliphatic rings. The number of amides is 1. The molecule has 0 saturated carbocycles. The first-order chi connectivity index (χ1) is 12.5. The second kappa shape index (κ2) is 7.67. The van der Waals surface area contributed by atoms with Gasteiger partial charge in [-0.1, -0.05) is 36.1 Å². The molecule has 6 nitrogen and oxygen atoms in total. The number of hydrogen-bond acceptors (Lipinski definition) is 6. The number of nitro groups is 1. The standard InChI is InChI=1S/C18H14N2O4S2/c1-24-15-8-4-13(5-9-15)11-19-17(21)16(26-18(19)25)10-12-2-6-14(7-3-12)20(22)23/h2-10H,11H2,1H3/b16-10-. The number of thioether (sulfide) groups is 1. The van der Waals surface area contributed by atoms with E-state index in [0.717, 1.165) is 11.3 Å². The highest BCUT2D eigenvalue weighted by Gasteiger charge is 2.31. The number of rotatable bonds is 5. The first-order valence-electron chi connectivity index (χ1n) is 7.60. The number of non-ortho nitro benzene ring substituents is 1.